The molecule has 65 heavy (non-hydrogen) atoms. The molecule has 2 aromatic heterocycles. The summed E-state index contributed by atoms with van der Waals surface area (Å²) in [7, 11) is 3.95. The molecule has 0 bridgehead atoms. The number of nitrogens with zero attached hydrogens (tertiary/aromatic N) is 3. The summed E-state index contributed by atoms with van der Waals surface area (Å²) in [6.45, 7) is 19.9. The van der Waals surface area contributed by atoms with Crippen LogP contribution in [0, 0.1) is 33.9 Å². The van der Waals surface area contributed by atoms with Gasteiger partial charge in [0.15, 0.2) is 0 Å². The molecule has 0 atom stereocenters. The molecule has 0 fully saturated rings. The summed E-state index contributed by atoms with van der Waals surface area (Å²) in [5.74, 6) is 1.48. The predicted molar refractivity (Wildman–Crippen MR) is 268 cm³/mol. The number of aryl methyl sites for hydroxylation is 3. The van der Waals surface area contributed by atoms with Crippen molar-refractivity contribution in [1.29, 1.82) is 0 Å². The largest absolute Gasteiger partial charge is 2.00 e. The molecule has 0 saturated carbocycles. The summed E-state index contributed by atoms with van der Waals surface area (Å²) >= 11 is 0. The quantitative estimate of drug-likeness (QED) is 0.142. The number of fused-ring (bicyclic) bond motifs is 1. The number of hydrogen-bond acceptors (Lipinski definition) is 3. The van der Waals surface area contributed by atoms with E-state index in [0.717, 1.165) is 95.0 Å². The zero-order chi connectivity index (χ0) is 44.9. The molecule has 5 heteroatoms. The minimum absolute atomic E-state index is 0. The molecule has 9 rings (SSSR count). The van der Waals surface area contributed by atoms with E-state index in [1.165, 1.54) is 16.7 Å². The molecule has 0 spiro atoms. The number of ether oxygens (including phenoxy) is 1. The summed E-state index contributed by atoms with van der Waals surface area (Å²) in [4.78, 5) is 10.6. The summed E-state index contributed by atoms with van der Waals surface area (Å²) in [5, 5.41) is 0. The van der Waals surface area contributed by atoms with Gasteiger partial charge in [-0.15, -0.1) is 23.8 Å². The fourth-order valence-electron chi connectivity index (χ4n) is 8.78. The second kappa shape index (κ2) is 17.9. The molecule has 0 aliphatic carbocycles. The monoisotopic (exact) mass is 1030 g/mol. The van der Waals surface area contributed by atoms with E-state index >= 15 is 0 Å². The summed E-state index contributed by atoms with van der Waals surface area (Å²) in [6, 6.07) is 58.5. The maximum Gasteiger partial charge on any atom is 2.00 e. The zero-order valence-corrected chi connectivity index (χ0v) is 41.1. The molecule has 2 heterocycles. The number of para-hydroxylation sites is 1. The van der Waals surface area contributed by atoms with Gasteiger partial charge in [0, 0.05) is 17.5 Å². The molecule has 0 radical (unpaired) electrons. The van der Waals surface area contributed by atoms with Crippen LogP contribution >= 0.6 is 0 Å². The van der Waals surface area contributed by atoms with E-state index < -0.39 is 0 Å². The molecule has 4 nitrogen and oxygen atoms in total. The second-order valence-corrected chi connectivity index (χ2v) is 19.2. The van der Waals surface area contributed by atoms with Crippen LogP contribution < -0.4 is 4.74 Å². The average molecular weight is 1030 g/mol. The van der Waals surface area contributed by atoms with Gasteiger partial charge in [-0.3, -0.25) is 9.55 Å². The smallest absolute Gasteiger partial charge is 0.665 e. The minimum atomic E-state index is -0.110. The van der Waals surface area contributed by atoms with E-state index in [4.69, 9.17) is 14.7 Å². The SMILES string of the molecule is [CH2-]Oc1c(C)cc(C)cc1-c1nc2c(-c3[c-]c(-c4cc(-c5ccc(C)cc5)ccn4)cc(-c4ccccc4)c3)cccc2n1-c1cc(C(C)(C)C)ccc1-c1ccc(C(C)(C)C)cc1.[Pt+2]. The minimum Gasteiger partial charge on any atom is -0.665 e. The van der Waals surface area contributed by atoms with Crippen LogP contribution in [0.4, 0.5) is 0 Å². The van der Waals surface area contributed by atoms with E-state index in [0.29, 0.717) is 5.75 Å². The average Bonchev–Trinajstić information content (AvgIpc) is 3.68. The molecule has 0 unspecified atom stereocenters. The molecule has 0 amide bonds. The van der Waals surface area contributed by atoms with Crippen molar-refractivity contribution in [3.05, 3.63) is 199 Å². The van der Waals surface area contributed by atoms with Crippen molar-refractivity contribution in [2.45, 2.75) is 73.1 Å². The summed E-state index contributed by atoms with van der Waals surface area (Å²) < 4.78 is 8.33. The summed E-state index contributed by atoms with van der Waals surface area (Å²) in [5.41, 5.74) is 19.9. The number of pyridine rings is 1. The normalized spacial score (nSPS) is 11.7. The van der Waals surface area contributed by atoms with Crippen LogP contribution in [0.15, 0.2) is 158 Å². The first kappa shape index (κ1) is 45.2. The number of rotatable bonds is 8. The molecule has 9 aromatic rings. The van der Waals surface area contributed by atoms with Crippen molar-refractivity contribution in [3.8, 4) is 78.6 Å². The van der Waals surface area contributed by atoms with Crippen LogP contribution in [0.2, 0.25) is 0 Å². The van der Waals surface area contributed by atoms with Gasteiger partial charge in [-0.2, -0.15) is 7.11 Å². The van der Waals surface area contributed by atoms with Crippen molar-refractivity contribution in [3.63, 3.8) is 0 Å². The van der Waals surface area contributed by atoms with Crippen LogP contribution in [-0.2, 0) is 31.9 Å². The Morgan fingerprint density at radius 3 is 1.89 bits per heavy atom. The van der Waals surface area contributed by atoms with E-state index in [1.807, 2.05) is 6.20 Å². The Morgan fingerprint density at radius 2 is 1.20 bits per heavy atom. The van der Waals surface area contributed by atoms with E-state index in [2.05, 4.69) is 232 Å². The van der Waals surface area contributed by atoms with Crippen LogP contribution in [0.1, 0.15) is 69.4 Å². The summed E-state index contributed by atoms with van der Waals surface area (Å²) in [6.07, 6.45) is 1.90. The molecular weight excluding hydrogens is 974 g/mol. The van der Waals surface area contributed by atoms with Crippen molar-refractivity contribution in [2.75, 3.05) is 0 Å². The van der Waals surface area contributed by atoms with E-state index in [1.54, 1.807) is 0 Å². The molecule has 0 saturated heterocycles. The van der Waals surface area contributed by atoms with Crippen molar-refractivity contribution in [2.24, 2.45) is 0 Å². The van der Waals surface area contributed by atoms with Gasteiger partial charge in [-0.05, 0) is 100 Å². The standard InChI is InChI=1S/C60H55N3O.Pt/c1-38-19-21-42(22-20-38)44-29-30-61-53(36-44)47-34-45(41-15-12-11-13-16-41)33-46(35-47)51-17-14-18-54-56(51)62-58(52-32-39(2)31-40(3)57(52)64-10)63(54)55-37-49(60(7,8)9)27-28-50(55)43-23-25-48(26-24-43)59(4,5)6;/h11-34,36-37H,10H2,1-9H3;/q-2;+2. The van der Waals surface area contributed by atoms with E-state index in [-0.39, 0.29) is 31.9 Å². The third-order valence-electron chi connectivity index (χ3n) is 12.3. The van der Waals surface area contributed by atoms with Gasteiger partial charge in [0.05, 0.1) is 28.0 Å². The molecule has 326 valence electrons. The van der Waals surface area contributed by atoms with Crippen molar-refractivity contribution >= 4 is 11.0 Å². The Labute approximate surface area is 399 Å². The number of aromatic nitrogens is 3. The third-order valence-corrected chi connectivity index (χ3v) is 12.3. The molecule has 0 aliphatic rings. The van der Waals surface area contributed by atoms with Crippen LogP contribution in [0.3, 0.4) is 0 Å². The predicted octanol–water partition coefficient (Wildman–Crippen LogP) is 15.9. The molecule has 7 aromatic carbocycles. The van der Waals surface area contributed by atoms with Gasteiger partial charge in [0.2, 0.25) is 0 Å². The number of hydrogen-bond donors (Lipinski definition) is 0. The number of benzene rings is 7. The Balaban J connectivity index is 0.00000576. The fourth-order valence-corrected chi connectivity index (χ4v) is 8.78. The Morgan fingerprint density at radius 1 is 0.538 bits per heavy atom. The number of imidazole rings is 1. The maximum atomic E-state index is 5.99. The topological polar surface area (TPSA) is 39.9 Å². The Hall–Kier alpha value is -6.35. The van der Waals surface area contributed by atoms with Gasteiger partial charge < -0.3 is 4.74 Å². The first-order valence-corrected chi connectivity index (χ1v) is 22.1. The molecular formula is C60H55N3OPt. The molecule has 0 N–H and O–H groups in total. The first-order chi connectivity index (χ1) is 30.7. The van der Waals surface area contributed by atoms with E-state index in [9.17, 15) is 0 Å². The maximum absolute atomic E-state index is 5.99. The Bertz CT molecular complexity index is 3170. The van der Waals surface area contributed by atoms with Gasteiger partial charge in [0.1, 0.15) is 5.82 Å². The van der Waals surface area contributed by atoms with Gasteiger partial charge in [-0.25, -0.2) is 4.98 Å². The van der Waals surface area contributed by atoms with Crippen molar-refractivity contribution < 1.29 is 25.8 Å². The van der Waals surface area contributed by atoms with Gasteiger partial charge in [0.25, 0.3) is 0 Å². The van der Waals surface area contributed by atoms with Crippen molar-refractivity contribution in [1.82, 2.24) is 14.5 Å². The van der Waals surface area contributed by atoms with Gasteiger partial charge >= 0.3 is 21.1 Å². The molecule has 0 aliphatic heterocycles. The van der Waals surface area contributed by atoms with Crippen LogP contribution in [0.25, 0.3) is 83.9 Å². The zero-order valence-electron chi connectivity index (χ0n) is 38.8. The second-order valence-electron chi connectivity index (χ2n) is 19.2. The fraction of sp³-hybridized carbons (Fsp3) is 0.183. The van der Waals surface area contributed by atoms with Gasteiger partial charge in [-0.1, -0.05) is 179 Å². The van der Waals surface area contributed by atoms with Crippen LogP contribution in [-0.4, -0.2) is 14.5 Å². The first-order valence-electron chi connectivity index (χ1n) is 22.1. The third kappa shape index (κ3) is 9.02. The Kier molecular flexibility index (Phi) is 12.5. The van der Waals surface area contributed by atoms with Crippen LogP contribution in [0.5, 0.6) is 5.75 Å².